The van der Waals surface area contributed by atoms with Crippen LogP contribution in [0.4, 0.5) is 0 Å². The van der Waals surface area contributed by atoms with Gasteiger partial charge in [0, 0.05) is 16.1 Å². The smallest absolute Gasteiger partial charge is 0.172 e. The van der Waals surface area contributed by atoms with E-state index in [2.05, 4.69) is 25.0 Å². The summed E-state index contributed by atoms with van der Waals surface area (Å²) < 4.78 is 1.99. The van der Waals surface area contributed by atoms with Crippen LogP contribution in [-0.4, -0.2) is 19.3 Å². The summed E-state index contributed by atoms with van der Waals surface area (Å²) in [6.45, 7) is 4.45. The number of rotatable bonds is 1. The lowest BCUT2D eigenvalue weighted by molar-refractivity contribution is 0.684. The molecule has 0 radical (unpaired) electrons. The fraction of sp³-hybridized carbons (Fsp3) is 0.278. The van der Waals surface area contributed by atoms with Crippen LogP contribution in [0.1, 0.15) is 30.7 Å². The number of nitrogens with zero attached hydrogens (tertiary/aromatic N) is 4. The van der Waals surface area contributed by atoms with Gasteiger partial charge >= 0.3 is 0 Å². The Morgan fingerprint density at radius 3 is 2.78 bits per heavy atom. The first-order chi connectivity index (χ1) is 11.1. The first-order valence-corrected chi connectivity index (χ1v) is 8.56. The summed E-state index contributed by atoms with van der Waals surface area (Å²) in [6, 6.07) is 12.3. The second-order valence-electron chi connectivity index (χ2n) is 6.38. The van der Waals surface area contributed by atoms with E-state index in [-0.39, 0.29) is 4.75 Å². The third-order valence-corrected chi connectivity index (χ3v) is 5.58. The second kappa shape index (κ2) is 5.10. The zero-order valence-electron chi connectivity index (χ0n) is 13.1. The molecule has 1 aliphatic heterocycles. The molecular formula is C18H16N4S. The van der Waals surface area contributed by atoms with Gasteiger partial charge in [-0.05, 0) is 12.0 Å². The van der Waals surface area contributed by atoms with Gasteiger partial charge in [-0.1, -0.05) is 44.2 Å². The van der Waals surface area contributed by atoms with Gasteiger partial charge in [0.2, 0.25) is 0 Å². The molecule has 0 unspecified atom stereocenters. The molecule has 4 nitrogen and oxygen atoms in total. The van der Waals surface area contributed by atoms with Crippen molar-refractivity contribution in [3.8, 4) is 17.3 Å². The molecule has 2 aromatic heterocycles. The Kier molecular flexibility index (Phi) is 3.17. The lowest BCUT2D eigenvalue weighted by atomic mass is 9.98. The van der Waals surface area contributed by atoms with Gasteiger partial charge < -0.3 is 0 Å². The first-order valence-electron chi connectivity index (χ1n) is 7.58. The number of benzene rings is 1. The first kappa shape index (κ1) is 14.3. The molecule has 23 heavy (non-hydrogen) atoms. The number of fused-ring (bicyclic) bond motifs is 3. The zero-order valence-corrected chi connectivity index (χ0v) is 13.9. The van der Waals surface area contributed by atoms with Crippen LogP contribution in [0.25, 0.3) is 16.9 Å². The molecule has 5 heteroatoms. The Balaban J connectivity index is 1.95. The van der Waals surface area contributed by atoms with Crippen LogP contribution in [0, 0.1) is 11.3 Å². The molecule has 4 rings (SSSR count). The summed E-state index contributed by atoms with van der Waals surface area (Å²) in [5, 5.41) is 14.3. The average molecular weight is 320 g/mol. The Hall–Kier alpha value is -2.32. The monoisotopic (exact) mass is 320 g/mol. The molecule has 0 saturated carbocycles. The molecule has 114 valence electrons. The molecule has 0 bridgehead atoms. The fourth-order valence-electron chi connectivity index (χ4n) is 3.07. The number of hydrogen-bond donors (Lipinski definition) is 0. The Bertz CT molecular complexity index is 935. The second-order valence-corrected chi connectivity index (χ2v) is 8.06. The van der Waals surface area contributed by atoms with Crippen molar-refractivity contribution in [2.24, 2.45) is 0 Å². The maximum atomic E-state index is 9.67. The van der Waals surface area contributed by atoms with Crippen LogP contribution in [0.5, 0.6) is 0 Å². The van der Waals surface area contributed by atoms with Gasteiger partial charge in [-0.3, -0.25) is 0 Å². The summed E-state index contributed by atoms with van der Waals surface area (Å²) in [4.78, 5) is 4.74. The molecule has 0 amide bonds. The van der Waals surface area contributed by atoms with Gasteiger partial charge in [0.05, 0.1) is 17.6 Å². The van der Waals surface area contributed by atoms with E-state index in [4.69, 9.17) is 4.98 Å². The highest BCUT2D eigenvalue weighted by Crippen LogP contribution is 2.41. The highest BCUT2D eigenvalue weighted by atomic mass is 32.2. The van der Waals surface area contributed by atoms with Crippen molar-refractivity contribution in [1.29, 1.82) is 5.26 Å². The predicted molar refractivity (Wildman–Crippen MR) is 92.2 cm³/mol. The van der Waals surface area contributed by atoms with Crippen LogP contribution in [0.3, 0.4) is 0 Å². The van der Waals surface area contributed by atoms with Gasteiger partial charge in [-0.2, -0.15) is 10.4 Å². The van der Waals surface area contributed by atoms with Gasteiger partial charge in [-0.15, -0.1) is 11.8 Å². The molecule has 1 aromatic carbocycles. The van der Waals surface area contributed by atoms with Crippen LogP contribution in [0.15, 0.2) is 36.5 Å². The molecule has 0 fully saturated rings. The van der Waals surface area contributed by atoms with Crippen molar-refractivity contribution in [2.75, 3.05) is 0 Å². The standard InChI is InChI=1S/C18H16N4S/c1-18(2)8-13-14(9-19)17-21-15(12-6-4-3-5-7-12)10-20-22(17)16(13)11-23-18/h3-7,10H,8,11H2,1-2H3. The number of hydrogen-bond acceptors (Lipinski definition) is 4. The molecule has 0 atom stereocenters. The lowest BCUT2D eigenvalue weighted by Crippen LogP contribution is -2.24. The summed E-state index contributed by atoms with van der Waals surface area (Å²) in [5.74, 6) is 0.866. The summed E-state index contributed by atoms with van der Waals surface area (Å²) in [6.07, 6.45) is 2.66. The normalized spacial score (nSPS) is 16.0. The van der Waals surface area contributed by atoms with Gasteiger partial charge in [0.1, 0.15) is 11.6 Å². The molecule has 0 spiro atoms. The molecule has 3 aromatic rings. The Labute approximate surface area is 139 Å². The van der Waals surface area contributed by atoms with E-state index in [1.807, 2.05) is 46.6 Å². The third-order valence-electron chi connectivity index (χ3n) is 4.24. The summed E-state index contributed by atoms with van der Waals surface area (Å²) in [7, 11) is 0. The van der Waals surface area contributed by atoms with Crippen molar-refractivity contribution in [2.45, 2.75) is 30.8 Å². The van der Waals surface area contributed by atoms with Crippen molar-refractivity contribution >= 4 is 17.4 Å². The minimum atomic E-state index is 0.145. The van der Waals surface area contributed by atoms with E-state index < -0.39 is 0 Å². The zero-order chi connectivity index (χ0) is 16.0. The van der Waals surface area contributed by atoms with Crippen molar-refractivity contribution < 1.29 is 0 Å². The molecule has 0 aliphatic carbocycles. The van der Waals surface area contributed by atoms with Gasteiger partial charge in [-0.25, -0.2) is 9.50 Å². The topological polar surface area (TPSA) is 54.0 Å². The van der Waals surface area contributed by atoms with Gasteiger partial charge in [0.15, 0.2) is 5.65 Å². The quantitative estimate of drug-likeness (QED) is 0.683. The van der Waals surface area contributed by atoms with Crippen LogP contribution in [0.2, 0.25) is 0 Å². The SMILES string of the molecule is CC1(C)Cc2c(C#N)c3nc(-c4ccccc4)cnn3c2CS1. The fourth-order valence-corrected chi connectivity index (χ4v) is 4.14. The van der Waals surface area contributed by atoms with Crippen LogP contribution >= 0.6 is 11.8 Å². The summed E-state index contributed by atoms with van der Waals surface area (Å²) in [5.41, 5.74) is 5.40. The highest BCUT2D eigenvalue weighted by molar-refractivity contribution is 7.99. The van der Waals surface area contributed by atoms with E-state index in [0.717, 1.165) is 34.7 Å². The minimum absolute atomic E-state index is 0.145. The minimum Gasteiger partial charge on any atom is -0.226 e. The average Bonchev–Trinajstić information content (AvgIpc) is 2.86. The third kappa shape index (κ3) is 2.30. The predicted octanol–water partition coefficient (Wildman–Crippen LogP) is 3.84. The van der Waals surface area contributed by atoms with E-state index in [1.54, 1.807) is 6.20 Å². The number of thioether (sulfide) groups is 1. The van der Waals surface area contributed by atoms with E-state index >= 15 is 0 Å². The Morgan fingerprint density at radius 2 is 2.04 bits per heavy atom. The van der Waals surface area contributed by atoms with E-state index in [9.17, 15) is 5.26 Å². The van der Waals surface area contributed by atoms with E-state index in [0.29, 0.717) is 11.2 Å². The van der Waals surface area contributed by atoms with E-state index in [1.165, 1.54) is 0 Å². The number of aromatic nitrogens is 3. The van der Waals surface area contributed by atoms with Crippen molar-refractivity contribution in [3.05, 3.63) is 53.3 Å². The molecule has 0 saturated heterocycles. The highest BCUT2D eigenvalue weighted by Gasteiger charge is 2.32. The maximum Gasteiger partial charge on any atom is 0.172 e. The largest absolute Gasteiger partial charge is 0.226 e. The molecular weight excluding hydrogens is 304 g/mol. The summed E-state index contributed by atoms with van der Waals surface area (Å²) >= 11 is 1.90. The maximum absolute atomic E-state index is 9.67. The number of nitriles is 1. The molecule has 3 heterocycles. The van der Waals surface area contributed by atoms with Crippen molar-refractivity contribution in [1.82, 2.24) is 14.6 Å². The lowest BCUT2D eigenvalue weighted by Gasteiger charge is -2.28. The molecule has 1 aliphatic rings. The molecule has 0 N–H and O–H groups in total. The van der Waals surface area contributed by atoms with Crippen molar-refractivity contribution in [3.63, 3.8) is 0 Å². The van der Waals surface area contributed by atoms with Gasteiger partial charge in [0.25, 0.3) is 0 Å². The Morgan fingerprint density at radius 1 is 1.26 bits per heavy atom. The van der Waals surface area contributed by atoms with Crippen LogP contribution < -0.4 is 0 Å². The van der Waals surface area contributed by atoms with Crippen LogP contribution in [-0.2, 0) is 12.2 Å².